The van der Waals surface area contributed by atoms with Gasteiger partial charge in [0.05, 0.1) is 24.2 Å². The largest absolute Gasteiger partial charge is 0.495 e. The predicted octanol–water partition coefficient (Wildman–Crippen LogP) is 5.14. The Bertz CT molecular complexity index is 1210. The Balaban J connectivity index is 1.92. The molecule has 0 spiro atoms. The Morgan fingerprint density at radius 1 is 1.00 bits per heavy atom. The van der Waals surface area contributed by atoms with Crippen LogP contribution < -0.4 is 10.1 Å². The minimum absolute atomic E-state index is 0.0255. The molecule has 0 aliphatic carbocycles. The molecule has 0 atom stereocenters. The first-order valence-electron chi connectivity index (χ1n) is 9.64. The number of carbonyl (C=O) groups is 1. The van der Waals surface area contributed by atoms with Crippen LogP contribution in [0.4, 0.5) is 5.69 Å². The summed E-state index contributed by atoms with van der Waals surface area (Å²) in [7, 11) is -2.52. The second kappa shape index (κ2) is 10.4. The van der Waals surface area contributed by atoms with E-state index >= 15 is 0 Å². The van der Waals surface area contributed by atoms with Crippen molar-refractivity contribution >= 4 is 44.8 Å². The summed E-state index contributed by atoms with van der Waals surface area (Å²) in [6.07, 6.45) is 0. The fraction of sp³-hybridized carbons (Fsp3) is 0.174. The molecular weight excluding hydrogens is 471 g/mol. The zero-order valence-electron chi connectivity index (χ0n) is 17.5. The highest BCUT2D eigenvalue weighted by Gasteiger charge is 2.27. The SMILES string of the molecule is COc1ccc(Cl)cc1NC(=O)CN(Cc1ccccc1C)S(=O)(=O)c1ccc(Cl)cc1. The number of aryl methyl sites for hydroxylation is 1. The van der Waals surface area contributed by atoms with Crippen molar-refractivity contribution in [2.45, 2.75) is 18.4 Å². The molecule has 6 nitrogen and oxygen atoms in total. The lowest BCUT2D eigenvalue weighted by atomic mass is 10.1. The van der Waals surface area contributed by atoms with Crippen LogP contribution in [0.3, 0.4) is 0 Å². The van der Waals surface area contributed by atoms with Gasteiger partial charge in [-0.1, -0.05) is 47.5 Å². The number of anilines is 1. The van der Waals surface area contributed by atoms with Gasteiger partial charge in [-0.25, -0.2) is 8.42 Å². The first-order chi connectivity index (χ1) is 15.2. The minimum atomic E-state index is -3.99. The fourth-order valence-electron chi connectivity index (χ4n) is 3.09. The van der Waals surface area contributed by atoms with Crippen molar-refractivity contribution in [3.63, 3.8) is 0 Å². The quantitative estimate of drug-likeness (QED) is 0.472. The number of amides is 1. The Morgan fingerprint density at radius 2 is 1.66 bits per heavy atom. The van der Waals surface area contributed by atoms with E-state index in [0.29, 0.717) is 21.5 Å². The van der Waals surface area contributed by atoms with E-state index in [-0.39, 0.29) is 11.4 Å². The summed E-state index contributed by atoms with van der Waals surface area (Å²) in [4.78, 5) is 12.9. The summed E-state index contributed by atoms with van der Waals surface area (Å²) >= 11 is 11.9. The maximum Gasteiger partial charge on any atom is 0.243 e. The van der Waals surface area contributed by atoms with Crippen LogP contribution in [0.1, 0.15) is 11.1 Å². The molecule has 3 aromatic rings. The van der Waals surface area contributed by atoms with Gasteiger partial charge in [-0.3, -0.25) is 4.79 Å². The average molecular weight is 493 g/mol. The van der Waals surface area contributed by atoms with Gasteiger partial charge in [-0.2, -0.15) is 4.31 Å². The summed E-state index contributed by atoms with van der Waals surface area (Å²) < 4.78 is 33.1. The summed E-state index contributed by atoms with van der Waals surface area (Å²) in [5, 5.41) is 3.52. The number of nitrogens with zero attached hydrogens (tertiary/aromatic N) is 1. The molecule has 0 bridgehead atoms. The van der Waals surface area contributed by atoms with E-state index in [1.54, 1.807) is 12.1 Å². The zero-order chi connectivity index (χ0) is 23.3. The highest BCUT2D eigenvalue weighted by Crippen LogP contribution is 2.28. The van der Waals surface area contributed by atoms with Crippen molar-refractivity contribution in [2.75, 3.05) is 19.0 Å². The van der Waals surface area contributed by atoms with Gasteiger partial charge >= 0.3 is 0 Å². The zero-order valence-corrected chi connectivity index (χ0v) is 19.8. The molecule has 1 amide bonds. The maximum atomic E-state index is 13.4. The lowest BCUT2D eigenvalue weighted by molar-refractivity contribution is -0.116. The lowest BCUT2D eigenvalue weighted by Gasteiger charge is -2.23. The molecule has 3 aromatic carbocycles. The van der Waals surface area contributed by atoms with Crippen molar-refractivity contribution in [3.05, 3.63) is 87.9 Å². The molecule has 0 aromatic heterocycles. The van der Waals surface area contributed by atoms with Crippen LogP contribution in [0.15, 0.2) is 71.6 Å². The normalized spacial score (nSPS) is 11.4. The predicted molar refractivity (Wildman–Crippen MR) is 127 cm³/mol. The second-order valence-corrected chi connectivity index (χ2v) is 9.86. The van der Waals surface area contributed by atoms with Gasteiger partial charge in [-0.15, -0.1) is 0 Å². The molecule has 0 unspecified atom stereocenters. The fourth-order valence-corrected chi connectivity index (χ4v) is 4.76. The van der Waals surface area contributed by atoms with Crippen LogP contribution in [-0.4, -0.2) is 32.3 Å². The summed E-state index contributed by atoms with van der Waals surface area (Å²) in [6.45, 7) is 1.51. The van der Waals surface area contributed by atoms with E-state index in [0.717, 1.165) is 15.4 Å². The van der Waals surface area contributed by atoms with Gasteiger partial charge < -0.3 is 10.1 Å². The first-order valence-corrected chi connectivity index (χ1v) is 11.8. The van der Waals surface area contributed by atoms with Crippen molar-refractivity contribution in [3.8, 4) is 5.75 Å². The molecule has 1 N–H and O–H groups in total. The van der Waals surface area contributed by atoms with Crippen LogP contribution in [0.2, 0.25) is 10.0 Å². The van der Waals surface area contributed by atoms with E-state index < -0.39 is 22.5 Å². The Hall–Kier alpha value is -2.58. The number of hydrogen-bond acceptors (Lipinski definition) is 4. The molecule has 0 aliphatic rings. The van der Waals surface area contributed by atoms with E-state index in [1.165, 1.54) is 37.4 Å². The molecule has 0 radical (unpaired) electrons. The summed E-state index contributed by atoms with van der Waals surface area (Å²) in [5.41, 5.74) is 2.06. The monoisotopic (exact) mass is 492 g/mol. The Labute approximate surface area is 197 Å². The number of halogens is 2. The smallest absolute Gasteiger partial charge is 0.243 e. The van der Waals surface area contributed by atoms with Crippen molar-refractivity contribution < 1.29 is 17.9 Å². The third-order valence-corrected chi connectivity index (χ3v) is 7.11. The van der Waals surface area contributed by atoms with Gasteiger partial charge in [0.25, 0.3) is 0 Å². The molecule has 0 aliphatic heterocycles. The number of rotatable bonds is 8. The van der Waals surface area contributed by atoms with Gasteiger partial charge in [-0.05, 0) is 60.5 Å². The van der Waals surface area contributed by atoms with Crippen molar-refractivity contribution in [1.29, 1.82) is 0 Å². The van der Waals surface area contributed by atoms with E-state index in [9.17, 15) is 13.2 Å². The van der Waals surface area contributed by atoms with E-state index in [2.05, 4.69) is 5.32 Å². The van der Waals surface area contributed by atoms with Crippen LogP contribution in [0.25, 0.3) is 0 Å². The van der Waals surface area contributed by atoms with Gasteiger partial charge in [0, 0.05) is 16.6 Å². The van der Waals surface area contributed by atoms with Crippen LogP contribution in [0.5, 0.6) is 5.75 Å². The topological polar surface area (TPSA) is 75.7 Å². The van der Waals surface area contributed by atoms with Crippen molar-refractivity contribution in [2.24, 2.45) is 0 Å². The average Bonchev–Trinajstić information content (AvgIpc) is 2.75. The minimum Gasteiger partial charge on any atom is -0.495 e. The van der Waals surface area contributed by atoms with E-state index in [4.69, 9.17) is 27.9 Å². The molecular formula is C23H22Cl2N2O4S. The number of ether oxygens (including phenoxy) is 1. The third-order valence-electron chi connectivity index (χ3n) is 4.81. The van der Waals surface area contributed by atoms with Crippen LogP contribution in [-0.2, 0) is 21.4 Å². The molecule has 32 heavy (non-hydrogen) atoms. The highest BCUT2D eigenvalue weighted by molar-refractivity contribution is 7.89. The van der Waals surface area contributed by atoms with Crippen LogP contribution >= 0.6 is 23.2 Å². The number of hydrogen-bond donors (Lipinski definition) is 1. The number of nitrogens with one attached hydrogen (secondary N) is 1. The Morgan fingerprint density at radius 3 is 2.31 bits per heavy atom. The maximum absolute atomic E-state index is 13.4. The molecule has 168 valence electrons. The summed E-state index contributed by atoms with van der Waals surface area (Å²) in [5.74, 6) is -0.120. The summed E-state index contributed by atoms with van der Waals surface area (Å²) in [6, 6.07) is 18.0. The second-order valence-electron chi connectivity index (χ2n) is 7.05. The number of benzene rings is 3. The lowest BCUT2D eigenvalue weighted by Crippen LogP contribution is -2.37. The first kappa shape index (κ1) is 24.1. The molecule has 0 heterocycles. The molecule has 3 rings (SSSR count). The number of carbonyl (C=O) groups excluding carboxylic acids is 1. The number of methoxy groups -OCH3 is 1. The van der Waals surface area contributed by atoms with Crippen LogP contribution in [0, 0.1) is 6.92 Å². The highest BCUT2D eigenvalue weighted by atomic mass is 35.5. The van der Waals surface area contributed by atoms with Gasteiger partial charge in [0.15, 0.2) is 0 Å². The number of sulfonamides is 1. The van der Waals surface area contributed by atoms with Gasteiger partial charge in [0.1, 0.15) is 5.75 Å². The molecule has 9 heteroatoms. The third kappa shape index (κ3) is 5.81. The van der Waals surface area contributed by atoms with Gasteiger partial charge in [0.2, 0.25) is 15.9 Å². The van der Waals surface area contributed by atoms with Crippen molar-refractivity contribution in [1.82, 2.24) is 4.31 Å². The Kier molecular flexibility index (Phi) is 7.79. The molecule has 0 saturated heterocycles. The van der Waals surface area contributed by atoms with E-state index in [1.807, 2.05) is 31.2 Å². The molecule has 0 saturated carbocycles. The molecule has 0 fully saturated rings. The standard InChI is InChI=1S/C23H22Cl2N2O4S/c1-16-5-3-4-6-17(16)14-27(32(29,30)20-10-7-18(24)8-11-20)15-23(28)26-21-13-19(25)9-12-22(21)31-2/h3-13H,14-15H2,1-2H3,(H,26,28).